The number of nitriles is 1. The van der Waals surface area contributed by atoms with Crippen molar-refractivity contribution < 1.29 is 9.53 Å². The third-order valence-electron chi connectivity index (χ3n) is 8.02. The number of rotatable bonds is 15. The minimum atomic E-state index is -0.180. The first-order chi connectivity index (χ1) is 18.1. The van der Waals surface area contributed by atoms with Crippen LogP contribution in [0.25, 0.3) is 0 Å². The van der Waals surface area contributed by atoms with Crippen molar-refractivity contribution in [2.24, 2.45) is 5.92 Å². The largest absolute Gasteiger partial charge is 0.425 e. The molecule has 1 fully saturated rings. The van der Waals surface area contributed by atoms with Crippen LogP contribution < -0.4 is 4.74 Å². The summed E-state index contributed by atoms with van der Waals surface area (Å²) in [5.41, 5.74) is 4.44. The van der Waals surface area contributed by atoms with Crippen LogP contribution in [0.4, 0.5) is 0 Å². The lowest BCUT2D eigenvalue weighted by Crippen LogP contribution is -2.25. The second kappa shape index (κ2) is 16.3. The van der Waals surface area contributed by atoms with Crippen LogP contribution in [0.15, 0.2) is 42.5 Å². The zero-order valence-electron chi connectivity index (χ0n) is 23.3. The van der Waals surface area contributed by atoms with E-state index in [1.807, 2.05) is 18.2 Å². The van der Waals surface area contributed by atoms with E-state index in [1.165, 1.54) is 68.9 Å². The molecule has 3 rings (SSSR count). The van der Waals surface area contributed by atoms with Crippen molar-refractivity contribution in [1.29, 1.82) is 5.26 Å². The van der Waals surface area contributed by atoms with Crippen molar-refractivity contribution in [2.45, 2.75) is 122 Å². The zero-order chi connectivity index (χ0) is 26.3. The minimum Gasteiger partial charge on any atom is -0.425 e. The predicted molar refractivity (Wildman–Crippen MR) is 153 cm³/mol. The Morgan fingerprint density at radius 3 is 2.03 bits per heavy atom. The lowest BCUT2D eigenvalue weighted by atomic mass is 9.78. The molecule has 0 bridgehead atoms. The van der Waals surface area contributed by atoms with Crippen LogP contribution in [0.2, 0.25) is 0 Å². The van der Waals surface area contributed by atoms with E-state index in [1.54, 1.807) is 0 Å². The summed E-state index contributed by atoms with van der Waals surface area (Å²) >= 11 is 0. The number of hydrogen-bond donors (Lipinski definition) is 0. The Balaban J connectivity index is 1.42. The Bertz CT molecular complexity index is 980. The van der Waals surface area contributed by atoms with Gasteiger partial charge in [-0.1, -0.05) is 95.5 Å². The number of benzene rings is 2. The van der Waals surface area contributed by atoms with Crippen LogP contribution in [-0.4, -0.2) is 5.97 Å². The van der Waals surface area contributed by atoms with Gasteiger partial charge in [-0.2, -0.15) is 5.26 Å². The van der Waals surface area contributed by atoms with E-state index >= 15 is 0 Å². The molecule has 0 spiro atoms. The summed E-state index contributed by atoms with van der Waals surface area (Å²) in [6.45, 7) is 4.48. The van der Waals surface area contributed by atoms with Gasteiger partial charge in [0.2, 0.25) is 0 Å². The van der Waals surface area contributed by atoms with Crippen molar-refractivity contribution >= 4 is 5.97 Å². The molecule has 2 aromatic carbocycles. The number of esters is 1. The molecule has 1 aliphatic rings. The molecule has 1 saturated carbocycles. The van der Waals surface area contributed by atoms with E-state index in [9.17, 15) is 10.1 Å². The molecule has 0 atom stereocenters. The summed E-state index contributed by atoms with van der Waals surface area (Å²) in [5, 5.41) is 9.67. The normalized spacial score (nSPS) is 17.3. The van der Waals surface area contributed by atoms with E-state index in [4.69, 9.17) is 4.74 Å². The summed E-state index contributed by atoms with van der Waals surface area (Å²) in [4.78, 5) is 12.9. The second-order valence-electron chi connectivity index (χ2n) is 11.0. The molecule has 0 unspecified atom stereocenters. The fourth-order valence-electron chi connectivity index (χ4n) is 5.56. The highest BCUT2D eigenvalue weighted by Gasteiger charge is 2.29. The van der Waals surface area contributed by atoms with Crippen molar-refractivity contribution in [3.8, 4) is 11.8 Å². The van der Waals surface area contributed by atoms with Gasteiger partial charge in [0, 0.05) is 0 Å². The van der Waals surface area contributed by atoms with Gasteiger partial charge in [-0.25, -0.2) is 0 Å². The van der Waals surface area contributed by atoms with Gasteiger partial charge in [0.25, 0.3) is 0 Å². The number of hydrogen-bond acceptors (Lipinski definition) is 3. The molecule has 3 heteroatoms. The van der Waals surface area contributed by atoms with Gasteiger partial charge in [0.05, 0.1) is 11.5 Å². The van der Waals surface area contributed by atoms with E-state index in [0.29, 0.717) is 17.2 Å². The molecule has 0 heterocycles. The molecule has 3 nitrogen and oxygen atoms in total. The molecule has 1 aliphatic carbocycles. The van der Waals surface area contributed by atoms with Gasteiger partial charge in [0.15, 0.2) is 0 Å². The Kier molecular flexibility index (Phi) is 12.7. The standard InChI is InChI=1S/C34H47NO2/c1-3-5-7-8-9-10-11-12-14-28-17-24-33(32(25-28)26-35)37-34(36)31-22-20-30(21-23-31)29-18-15-27(16-19-29)13-6-4-2/h15-19,24-25,30-31H,3-14,20-23H2,1-2H3. The highest BCUT2D eigenvalue weighted by atomic mass is 16.5. The Labute approximate surface area is 225 Å². The molecule has 0 amide bonds. The first kappa shape index (κ1) is 29.0. The summed E-state index contributed by atoms with van der Waals surface area (Å²) < 4.78 is 5.75. The van der Waals surface area contributed by atoms with Crippen molar-refractivity contribution in [1.82, 2.24) is 0 Å². The predicted octanol–water partition coefficient (Wildman–Crippen LogP) is 9.46. The zero-order valence-corrected chi connectivity index (χ0v) is 23.3. The van der Waals surface area contributed by atoms with Gasteiger partial charge in [-0.3, -0.25) is 4.79 Å². The smallest absolute Gasteiger partial charge is 0.314 e. The third-order valence-corrected chi connectivity index (χ3v) is 8.02. The van der Waals surface area contributed by atoms with Crippen molar-refractivity contribution in [3.63, 3.8) is 0 Å². The lowest BCUT2D eigenvalue weighted by molar-refractivity contribution is -0.140. The average molecular weight is 502 g/mol. The number of ether oxygens (including phenoxy) is 1. The molecule has 200 valence electrons. The van der Waals surface area contributed by atoms with Crippen LogP contribution >= 0.6 is 0 Å². The Hall–Kier alpha value is -2.60. The summed E-state index contributed by atoms with van der Waals surface area (Å²) in [6, 6.07) is 17.1. The first-order valence-electron chi connectivity index (χ1n) is 15.0. The number of carbonyl (C=O) groups excluding carboxylic acids is 1. The monoisotopic (exact) mass is 501 g/mol. The number of aryl methyl sites for hydroxylation is 2. The maximum Gasteiger partial charge on any atom is 0.314 e. The molecule has 0 N–H and O–H groups in total. The van der Waals surface area contributed by atoms with E-state index in [-0.39, 0.29) is 11.9 Å². The fraction of sp³-hybridized carbons (Fsp3) is 0.588. The molecule has 0 radical (unpaired) electrons. The third kappa shape index (κ3) is 9.66. The molecular formula is C34H47NO2. The van der Waals surface area contributed by atoms with Crippen LogP contribution in [0, 0.1) is 17.2 Å². The lowest BCUT2D eigenvalue weighted by Gasteiger charge is -2.27. The van der Waals surface area contributed by atoms with Crippen molar-refractivity contribution in [2.75, 3.05) is 0 Å². The molecule has 2 aromatic rings. The van der Waals surface area contributed by atoms with E-state index in [2.05, 4.69) is 44.2 Å². The number of carbonyl (C=O) groups is 1. The molecule has 0 saturated heterocycles. The molecule has 0 aliphatic heterocycles. The van der Waals surface area contributed by atoms with E-state index < -0.39 is 0 Å². The minimum absolute atomic E-state index is 0.0800. The topological polar surface area (TPSA) is 50.1 Å². The van der Waals surface area contributed by atoms with Crippen LogP contribution in [-0.2, 0) is 17.6 Å². The quantitative estimate of drug-likeness (QED) is 0.139. The number of nitrogens with zero attached hydrogens (tertiary/aromatic N) is 1. The molecule has 37 heavy (non-hydrogen) atoms. The molecule has 0 aromatic heterocycles. The summed E-state index contributed by atoms with van der Waals surface area (Å²) in [5.74, 6) is 0.677. The van der Waals surface area contributed by atoms with Crippen LogP contribution in [0.5, 0.6) is 5.75 Å². The Morgan fingerprint density at radius 1 is 0.784 bits per heavy atom. The maximum atomic E-state index is 12.9. The van der Waals surface area contributed by atoms with Gasteiger partial charge in [0.1, 0.15) is 11.8 Å². The highest BCUT2D eigenvalue weighted by Crippen LogP contribution is 2.37. The van der Waals surface area contributed by atoms with Gasteiger partial charge < -0.3 is 4.74 Å². The van der Waals surface area contributed by atoms with Gasteiger partial charge in [-0.15, -0.1) is 0 Å². The first-order valence-corrected chi connectivity index (χ1v) is 15.0. The summed E-state index contributed by atoms with van der Waals surface area (Å²) in [6.07, 6.45) is 18.6. The second-order valence-corrected chi connectivity index (χ2v) is 11.0. The van der Waals surface area contributed by atoms with Crippen LogP contribution in [0.3, 0.4) is 0 Å². The van der Waals surface area contributed by atoms with Gasteiger partial charge in [-0.05, 0) is 86.1 Å². The number of unbranched alkanes of at least 4 members (excludes halogenated alkanes) is 8. The SMILES string of the molecule is CCCCCCCCCCc1ccc(OC(=O)C2CCC(c3ccc(CCCC)cc3)CC2)c(C#N)c1. The maximum absolute atomic E-state index is 12.9. The highest BCUT2D eigenvalue weighted by molar-refractivity contribution is 5.76. The summed E-state index contributed by atoms with van der Waals surface area (Å²) in [7, 11) is 0. The van der Waals surface area contributed by atoms with Gasteiger partial charge >= 0.3 is 5.97 Å². The fourth-order valence-corrected chi connectivity index (χ4v) is 5.56. The Morgan fingerprint density at radius 2 is 1.38 bits per heavy atom. The van der Waals surface area contributed by atoms with E-state index in [0.717, 1.165) is 50.5 Å². The van der Waals surface area contributed by atoms with Crippen molar-refractivity contribution in [3.05, 3.63) is 64.7 Å². The van der Waals surface area contributed by atoms with Crippen LogP contribution in [0.1, 0.15) is 132 Å². The average Bonchev–Trinajstić information content (AvgIpc) is 2.94. The molecular weight excluding hydrogens is 454 g/mol.